The van der Waals surface area contributed by atoms with E-state index in [0.717, 1.165) is 83.6 Å². The second kappa shape index (κ2) is 16.7. The number of nitrogens with zero attached hydrogens (tertiary/aromatic N) is 1. The minimum absolute atomic E-state index is 0. The summed E-state index contributed by atoms with van der Waals surface area (Å²) in [7, 11) is 0. The number of halogens is 1. The zero-order chi connectivity index (χ0) is 19.2. The lowest BCUT2D eigenvalue weighted by Gasteiger charge is -2.24. The van der Waals surface area contributed by atoms with E-state index in [1.165, 1.54) is 25.7 Å². The molecule has 0 spiro atoms. The Hall–Kier alpha value is -0.120. The van der Waals surface area contributed by atoms with Crippen molar-refractivity contribution in [3.05, 3.63) is 0 Å². The summed E-state index contributed by atoms with van der Waals surface area (Å²) in [4.78, 5) is 4.69. The molecule has 2 aliphatic rings. The summed E-state index contributed by atoms with van der Waals surface area (Å²) in [6.07, 6.45) is 10.2. The van der Waals surface area contributed by atoms with Crippen molar-refractivity contribution in [1.29, 1.82) is 0 Å². The Kier molecular flexibility index (Phi) is 15.4. The van der Waals surface area contributed by atoms with E-state index in [-0.39, 0.29) is 24.0 Å². The molecule has 0 aromatic rings. The lowest BCUT2D eigenvalue weighted by molar-refractivity contribution is -0.0318. The molecule has 6 nitrogen and oxygen atoms in total. The van der Waals surface area contributed by atoms with Crippen molar-refractivity contribution in [3.8, 4) is 0 Å². The number of hydrogen-bond acceptors (Lipinski definition) is 4. The molecule has 2 N–H and O–H groups in total. The monoisotopic (exact) mass is 511 g/mol. The molecule has 1 saturated heterocycles. The van der Waals surface area contributed by atoms with E-state index < -0.39 is 0 Å². The summed E-state index contributed by atoms with van der Waals surface area (Å²) >= 11 is 0. The Balaban J connectivity index is 0.00000392. The summed E-state index contributed by atoms with van der Waals surface area (Å²) < 4.78 is 17.3. The van der Waals surface area contributed by atoms with Crippen molar-refractivity contribution in [2.75, 3.05) is 46.1 Å². The number of aliphatic imine (C=N–C) groups is 1. The topological polar surface area (TPSA) is 64.1 Å². The average Bonchev–Trinajstić information content (AvgIpc) is 3.22. The highest BCUT2D eigenvalue weighted by atomic mass is 127. The Bertz CT molecular complexity index is 400. The fourth-order valence-electron chi connectivity index (χ4n) is 4.02. The summed E-state index contributed by atoms with van der Waals surface area (Å²) in [5.74, 6) is 1.65. The van der Waals surface area contributed by atoms with Gasteiger partial charge in [0.15, 0.2) is 5.96 Å². The first-order valence-electron chi connectivity index (χ1n) is 11.2. The van der Waals surface area contributed by atoms with Gasteiger partial charge in [0.2, 0.25) is 0 Å². The minimum atomic E-state index is 0. The maximum Gasteiger partial charge on any atom is 0.191 e. The molecule has 2 rings (SSSR count). The molecule has 28 heavy (non-hydrogen) atoms. The van der Waals surface area contributed by atoms with Crippen LogP contribution in [0.2, 0.25) is 0 Å². The highest BCUT2D eigenvalue weighted by molar-refractivity contribution is 14.0. The van der Waals surface area contributed by atoms with Crippen molar-refractivity contribution < 1.29 is 14.2 Å². The van der Waals surface area contributed by atoms with Gasteiger partial charge in [0.05, 0.1) is 12.2 Å². The molecule has 0 bridgehead atoms. The number of ether oxygens (including phenoxy) is 3. The molecular weight excluding hydrogens is 469 g/mol. The quantitative estimate of drug-likeness (QED) is 0.181. The van der Waals surface area contributed by atoms with E-state index in [1.54, 1.807) is 0 Å². The Labute approximate surface area is 189 Å². The fourth-order valence-corrected chi connectivity index (χ4v) is 4.02. The number of guanidine groups is 1. The van der Waals surface area contributed by atoms with Gasteiger partial charge in [0.1, 0.15) is 0 Å². The Morgan fingerprint density at radius 1 is 1.11 bits per heavy atom. The smallest absolute Gasteiger partial charge is 0.191 e. The summed E-state index contributed by atoms with van der Waals surface area (Å²) in [5.41, 5.74) is 0. The van der Waals surface area contributed by atoms with Gasteiger partial charge in [-0.3, -0.25) is 4.99 Å². The van der Waals surface area contributed by atoms with Crippen LogP contribution in [0.3, 0.4) is 0 Å². The fraction of sp³-hybridized carbons (Fsp3) is 0.952. The van der Waals surface area contributed by atoms with Gasteiger partial charge in [-0.25, -0.2) is 0 Å². The zero-order valence-electron chi connectivity index (χ0n) is 17.9. The van der Waals surface area contributed by atoms with Crippen LogP contribution in [0, 0.1) is 5.92 Å². The van der Waals surface area contributed by atoms with Gasteiger partial charge in [0, 0.05) is 46.1 Å². The van der Waals surface area contributed by atoms with Gasteiger partial charge in [0.25, 0.3) is 0 Å². The number of rotatable bonds is 12. The van der Waals surface area contributed by atoms with Crippen molar-refractivity contribution in [1.82, 2.24) is 10.6 Å². The van der Waals surface area contributed by atoms with Crippen LogP contribution >= 0.6 is 24.0 Å². The Morgan fingerprint density at radius 3 is 2.54 bits per heavy atom. The number of hydrogen-bond donors (Lipinski definition) is 2. The van der Waals surface area contributed by atoms with E-state index >= 15 is 0 Å². The van der Waals surface area contributed by atoms with Crippen molar-refractivity contribution in [2.24, 2.45) is 10.9 Å². The van der Waals surface area contributed by atoms with Gasteiger partial charge in [-0.2, -0.15) is 0 Å². The SMILES string of the molecule is CCNC(=NCCCOC1CCOCC1)NCCC(OCC)C1CCCC1.I. The maximum atomic E-state index is 6.01. The minimum Gasteiger partial charge on any atom is -0.381 e. The van der Waals surface area contributed by atoms with Crippen LogP contribution in [0.1, 0.15) is 65.2 Å². The van der Waals surface area contributed by atoms with Gasteiger partial charge in [-0.05, 0) is 58.3 Å². The van der Waals surface area contributed by atoms with E-state index in [2.05, 4.69) is 29.5 Å². The number of nitrogens with one attached hydrogen (secondary N) is 2. The molecule has 1 saturated carbocycles. The third-order valence-electron chi connectivity index (χ3n) is 5.47. The third-order valence-corrected chi connectivity index (χ3v) is 5.47. The van der Waals surface area contributed by atoms with Crippen molar-refractivity contribution in [2.45, 2.75) is 77.4 Å². The summed E-state index contributed by atoms with van der Waals surface area (Å²) in [6, 6.07) is 0. The van der Waals surface area contributed by atoms with Crippen LogP contribution in [0.4, 0.5) is 0 Å². The van der Waals surface area contributed by atoms with Crippen molar-refractivity contribution in [3.63, 3.8) is 0 Å². The molecule has 0 aromatic heterocycles. The molecule has 1 aliphatic carbocycles. The second-order valence-electron chi connectivity index (χ2n) is 7.55. The first-order chi connectivity index (χ1) is 13.3. The molecule has 1 aliphatic heterocycles. The highest BCUT2D eigenvalue weighted by Crippen LogP contribution is 2.30. The predicted molar refractivity (Wildman–Crippen MR) is 126 cm³/mol. The molecular formula is C21H42IN3O3. The molecule has 0 amide bonds. The average molecular weight is 511 g/mol. The van der Waals surface area contributed by atoms with Gasteiger partial charge < -0.3 is 24.8 Å². The first kappa shape index (κ1) is 25.9. The van der Waals surface area contributed by atoms with Crippen LogP contribution in [0.15, 0.2) is 4.99 Å². The molecule has 1 unspecified atom stereocenters. The third kappa shape index (κ3) is 10.6. The van der Waals surface area contributed by atoms with Gasteiger partial charge >= 0.3 is 0 Å². The van der Waals surface area contributed by atoms with E-state index in [0.29, 0.717) is 12.2 Å². The molecule has 166 valence electrons. The second-order valence-corrected chi connectivity index (χ2v) is 7.55. The van der Waals surface area contributed by atoms with E-state index in [4.69, 9.17) is 14.2 Å². The largest absolute Gasteiger partial charge is 0.381 e. The highest BCUT2D eigenvalue weighted by Gasteiger charge is 2.25. The van der Waals surface area contributed by atoms with Crippen LogP contribution in [-0.2, 0) is 14.2 Å². The van der Waals surface area contributed by atoms with Crippen LogP contribution in [-0.4, -0.2) is 64.2 Å². The molecule has 2 fully saturated rings. The molecule has 0 aromatic carbocycles. The van der Waals surface area contributed by atoms with E-state index in [9.17, 15) is 0 Å². The van der Waals surface area contributed by atoms with Gasteiger partial charge in [-0.1, -0.05) is 12.8 Å². The predicted octanol–water partition coefficient (Wildman–Crippen LogP) is 3.73. The zero-order valence-corrected chi connectivity index (χ0v) is 20.2. The lowest BCUT2D eigenvalue weighted by atomic mass is 9.98. The molecule has 1 atom stereocenters. The summed E-state index contributed by atoms with van der Waals surface area (Å²) in [6.45, 7) is 10.0. The molecule has 7 heteroatoms. The Morgan fingerprint density at radius 2 is 1.86 bits per heavy atom. The standard InChI is InChI=1S/C21H41N3O3.HI/c1-3-22-21(23-13-7-15-27-19-11-16-25-17-12-19)24-14-10-20(26-4-2)18-8-5-6-9-18;/h18-20H,3-17H2,1-2H3,(H2,22,23,24);1H. The van der Waals surface area contributed by atoms with Crippen LogP contribution < -0.4 is 10.6 Å². The normalized spacial score (nSPS) is 20.0. The van der Waals surface area contributed by atoms with Crippen LogP contribution in [0.5, 0.6) is 0 Å². The molecule has 1 heterocycles. The lowest BCUT2D eigenvalue weighted by Crippen LogP contribution is -2.39. The summed E-state index contributed by atoms with van der Waals surface area (Å²) in [5, 5.41) is 6.81. The van der Waals surface area contributed by atoms with Crippen LogP contribution in [0.25, 0.3) is 0 Å². The van der Waals surface area contributed by atoms with E-state index in [1.807, 2.05) is 0 Å². The molecule has 0 radical (unpaired) electrons. The van der Waals surface area contributed by atoms with Crippen molar-refractivity contribution >= 4 is 29.9 Å². The first-order valence-corrected chi connectivity index (χ1v) is 11.2. The van der Waals surface area contributed by atoms with Gasteiger partial charge in [-0.15, -0.1) is 24.0 Å². The maximum absolute atomic E-state index is 6.01.